The molecule has 1 aliphatic rings. The molecule has 2 aromatic rings. The van der Waals surface area contributed by atoms with E-state index in [0.29, 0.717) is 12.5 Å². The van der Waals surface area contributed by atoms with E-state index in [1.807, 2.05) is 17.8 Å². The fraction of sp³-hybridized carbons (Fsp3) is 0.526. The Hall–Kier alpha value is -1.88. The molecule has 24 heavy (non-hydrogen) atoms. The maximum atomic E-state index is 13.0. The monoisotopic (exact) mass is 331 g/mol. The SMILES string of the molecule is CNCc1cc(OCc2ccc(F)cc2)n(CC2CCCCC2)n1. The smallest absolute Gasteiger partial charge is 0.212 e. The molecule has 0 atom stereocenters. The number of hydrogen-bond acceptors (Lipinski definition) is 3. The first-order valence-corrected chi connectivity index (χ1v) is 8.83. The molecule has 1 saturated carbocycles. The fourth-order valence-corrected chi connectivity index (χ4v) is 3.32. The van der Waals surface area contributed by atoms with Gasteiger partial charge in [0.1, 0.15) is 12.4 Å². The zero-order valence-electron chi connectivity index (χ0n) is 14.3. The second kappa shape index (κ2) is 8.29. The first-order chi connectivity index (χ1) is 11.7. The second-order valence-electron chi connectivity index (χ2n) is 6.61. The third-order valence-electron chi connectivity index (χ3n) is 4.61. The average molecular weight is 331 g/mol. The van der Waals surface area contributed by atoms with Gasteiger partial charge in [-0.2, -0.15) is 5.10 Å². The van der Waals surface area contributed by atoms with E-state index < -0.39 is 0 Å². The molecular weight excluding hydrogens is 305 g/mol. The normalized spacial score (nSPS) is 15.6. The van der Waals surface area contributed by atoms with Crippen LogP contribution in [0.5, 0.6) is 5.88 Å². The molecule has 0 spiro atoms. The van der Waals surface area contributed by atoms with Gasteiger partial charge in [-0.1, -0.05) is 31.4 Å². The van der Waals surface area contributed by atoms with Gasteiger partial charge in [0, 0.05) is 19.2 Å². The molecule has 1 aliphatic carbocycles. The van der Waals surface area contributed by atoms with E-state index in [2.05, 4.69) is 10.4 Å². The molecule has 0 bridgehead atoms. The Morgan fingerprint density at radius 3 is 2.67 bits per heavy atom. The van der Waals surface area contributed by atoms with Crippen molar-refractivity contribution in [1.82, 2.24) is 15.1 Å². The number of benzene rings is 1. The minimum atomic E-state index is -0.225. The van der Waals surface area contributed by atoms with E-state index in [4.69, 9.17) is 4.74 Å². The lowest BCUT2D eigenvalue weighted by molar-refractivity contribution is 0.245. The predicted molar refractivity (Wildman–Crippen MR) is 92.3 cm³/mol. The molecule has 0 aliphatic heterocycles. The second-order valence-corrected chi connectivity index (χ2v) is 6.61. The first kappa shape index (κ1) is 17.0. The lowest BCUT2D eigenvalue weighted by Crippen LogP contribution is -2.16. The fourth-order valence-electron chi connectivity index (χ4n) is 3.32. The van der Waals surface area contributed by atoms with Crippen LogP contribution in [0.2, 0.25) is 0 Å². The zero-order valence-corrected chi connectivity index (χ0v) is 14.3. The Bertz CT molecular complexity index is 633. The number of nitrogens with zero attached hydrogens (tertiary/aromatic N) is 2. The summed E-state index contributed by atoms with van der Waals surface area (Å²) in [5.41, 5.74) is 1.94. The molecule has 3 rings (SSSR count). The maximum absolute atomic E-state index is 13.0. The Morgan fingerprint density at radius 1 is 1.21 bits per heavy atom. The van der Waals surface area contributed by atoms with E-state index in [1.165, 1.54) is 44.2 Å². The summed E-state index contributed by atoms with van der Waals surface area (Å²) in [4.78, 5) is 0. The third-order valence-corrected chi connectivity index (χ3v) is 4.61. The van der Waals surface area contributed by atoms with Gasteiger partial charge in [0.25, 0.3) is 0 Å². The van der Waals surface area contributed by atoms with Crippen LogP contribution in [0, 0.1) is 11.7 Å². The van der Waals surface area contributed by atoms with Crippen LogP contribution in [-0.4, -0.2) is 16.8 Å². The molecule has 0 saturated heterocycles. The summed E-state index contributed by atoms with van der Waals surface area (Å²) >= 11 is 0. The topological polar surface area (TPSA) is 39.1 Å². The average Bonchev–Trinajstić information content (AvgIpc) is 2.97. The van der Waals surface area contributed by atoms with Crippen LogP contribution in [0.3, 0.4) is 0 Å². The van der Waals surface area contributed by atoms with Crippen LogP contribution in [0.25, 0.3) is 0 Å². The highest BCUT2D eigenvalue weighted by molar-refractivity contribution is 5.19. The van der Waals surface area contributed by atoms with Gasteiger partial charge in [0.15, 0.2) is 0 Å². The standard InChI is InChI=1S/C19H26FN3O/c1-21-12-18-11-19(24-14-16-7-9-17(20)10-8-16)23(22-18)13-15-5-3-2-4-6-15/h7-11,15,21H,2-6,12-14H2,1H3. The van der Waals surface area contributed by atoms with Gasteiger partial charge in [0.05, 0.1) is 5.69 Å². The number of aromatic nitrogens is 2. The van der Waals surface area contributed by atoms with E-state index in [9.17, 15) is 4.39 Å². The number of ether oxygens (including phenoxy) is 1. The van der Waals surface area contributed by atoms with E-state index in [0.717, 1.165) is 30.2 Å². The van der Waals surface area contributed by atoms with Crippen molar-refractivity contribution in [1.29, 1.82) is 0 Å². The van der Waals surface area contributed by atoms with Crippen molar-refractivity contribution in [3.8, 4) is 5.88 Å². The molecule has 1 heterocycles. The summed E-state index contributed by atoms with van der Waals surface area (Å²) in [6.07, 6.45) is 6.55. The Morgan fingerprint density at radius 2 is 1.96 bits per heavy atom. The highest BCUT2D eigenvalue weighted by Crippen LogP contribution is 2.27. The molecule has 0 radical (unpaired) electrons. The third kappa shape index (κ3) is 4.57. The van der Waals surface area contributed by atoms with Crippen LogP contribution in [0.1, 0.15) is 43.4 Å². The van der Waals surface area contributed by atoms with Crippen molar-refractivity contribution in [2.24, 2.45) is 5.92 Å². The van der Waals surface area contributed by atoms with Gasteiger partial charge in [-0.3, -0.25) is 0 Å². The van der Waals surface area contributed by atoms with E-state index in [1.54, 1.807) is 12.1 Å². The number of rotatable bonds is 7. The summed E-state index contributed by atoms with van der Waals surface area (Å²) in [5.74, 6) is 1.27. The summed E-state index contributed by atoms with van der Waals surface area (Å²) < 4.78 is 21.0. The number of halogens is 1. The molecule has 4 nitrogen and oxygen atoms in total. The van der Waals surface area contributed by atoms with Gasteiger partial charge in [-0.05, 0) is 43.5 Å². The lowest BCUT2D eigenvalue weighted by Gasteiger charge is -2.22. The molecular formula is C19H26FN3O. The van der Waals surface area contributed by atoms with Gasteiger partial charge in [-0.15, -0.1) is 0 Å². The Labute approximate surface area is 143 Å². The summed E-state index contributed by atoms with van der Waals surface area (Å²) in [6, 6.07) is 8.44. The van der Waals surface area contributed by atoms with Crippen molar-refractivity contribution < 1.29 is 9.13 Å². The lowest BCUT2D eigenvalue weighted by atomic mass is 9.89. The molecule has 0 amide bonds. The summed E-state index contributed by atoms with van der Waals surface area (Å²) in [6.45, 7) is 2.07. The summed E-state index contributed by atoms with van der Waals surface area (Å²) in [5, 5.41) is 7.82. The molecule has 0 unspecified atom stereocenters. The Balaban J connectivity index is 1.68. The van der Waals surface area contributed by atoms with Crippen LogP contribution >= 0.6 is 0 Å². The van der Waals surface area contributed by atoms with E-state index >= 15 is 0 Å². The highest BCUT2D eigenvalue weighted by Gasteiger charge is 2.17. The van der Waals surface area contributed by atoms with Crippen LogP contribution < -0.4 is 10.1 Å². The Kier molecular flexibility index (Phi) is 5.86. The van der Waals surface area contributed by atoms with Crippen molar-refractivity contribution >= 4 is 0 Å². The summed E-state index contributed by atoms with van der Waals surface area (Å²) in [7, 11) is 1.92. The zero-order chi connectivity index (χ0) is 16.8. The van der Waals surface area contributed by atoms with Gasteiger partial charge in [0.2, 0.25) is 5.88 Å². The minimum Gasteiger partial charge on any atom is -0.473 e. The molecule has 130 valence electrons. The molecule has 1 aromatic carbocycles. The minimum absolute atomic E-state index is 0.225. The van der Waals surface area contributed by atoms with Gasteiger partial charge >= 0.3 is 0 Å². The quantitative estimate of drug-likeness (QED) is 0.836. The highest BCUT2D eigenvalue weighted by atomic mass is 19.1. The first-order valence-electron chi connectivity index (χ1n) is 8.83. The molecule has 1 N–H and O–H groups in total. The van der Waals surface area contributed by atoms with E-state index in [-0.39, 0.29) is 5.82 Å². The van der Waals surface area contributed by atoms with Crippen molar-refractivity contribution in [2.45, 2.75) is 51.8 Å². The van der Waals surface area contributed by atoms with Gasteiger partial charge < -0.3 is 10.1 Å². The van der Waals surface area contributed by atoms with Gasteiger partial charge in [-0.25, -0.2) is 9.07 Å². The van der Waals surface area contributed by atoms with Crippen LogP contribution in [0.15, 0.2) is 30.3 Å². The van der Waals surface area contributed by atoms with Crippen molar-refractivity contribution in [3.63, 3.8) is 0 Å². The van der Waals surface area contributed by atoms with Crippen LogP contribution in [-0.2, 0) is 19.7 Å². The number of hydrogen-bond donors (Lipinski definition) is 1. The van der Waals surface area contributed by atoms with Crippen LogP contribution in [0.4, 0.5) is 4.39 Å². The molecule has 5 heteroatoms. The maximum Gasteiger partial charge on any atom is 0.212 e. The predicted octanol–water partition coefficient (Wildman–Crippen LogP) is 3.90. The van der Waals surface area contributed by atoms with Crippen molar-refractivity contribution in [3.05, 3.63) is 47.4 Å². The van der Waals surface area contributed by atoms with Crippen molar-refractivity contribution in [2.75, 3.05) is 7.05 Å². The molecule has 1 fully saturated rings. The molecule has 1 aromatic heterocycles. The number of nitrogens with one attached hydrogen (secondary N) is 1. The largest absolute Gasteiger partial charge is 0.473 e.